The SMILES string of the molecule is CC(O)(COc1ccc(C#N)cc1)S(=O)O. The minimum absolute atomic E-state index is 0.304. The van der Waals surface area contributed by atoms with Crippen LogP contribution in [0.3, 0.4) is 0 Å². The Morgan fingerprint density at radius 1 is 1.50 bits per heavy atom. The molecule has 5 nitrogen and oxygen atoms in total. The van der Waals surface area contributed by atoms with E-state index < -0.39 is 16.0 Å². The second-order valence-corrected chi connectivity index (χ2v) is 4.73. The molecule has 2 unspecified atom stereocenters. The summed E-state index contributed by atoms with van der Waals surface area (Å²) in [6.45, 7) is 0.898. The van der Waals surface area contributed by atoms with Crippen LogP contribution in [0.1, 0.15) is 12.5 Å². The molecule has 0 aliphatic carbocycles. The van der Waals surface area contributed by atoms with Crippen molar-refractivity contribution in [3.8, 4) is 11.8 Å². The van der Waals surface area contributed by atoms with Gasteiger partial charge in [0.2, 0.25) is 0 Å². The Labute approximate surface area is 95.6 Å². The maximum absolute atomic E-state index is 10.7. The molecule has 1 rings (SSSR count). The van der Waals surface area contributed by atoms with E-state index in [0.29, 0.717) is 11.3 Å². The molecular weight excluding hydrogens is 230 g/mol. The fourth-order valence-electron chi connectivity index (χ4n) is 0.893. The number of aliphatic hydroxyl groups is 1. The lowest BCUT2D eigenvalue weighted by molar-refractivity contribution is 0.0810. The molecule has 0 aliphatic heterocycles. The molecule has 2 atom stereocenters. The molecule has 1 aromatic carbocycles. The van der Waals surface area contributed by atoms with E-state index in [-0.39, 0.29) is 6.61 Å². The minimum Gasteiger partial charge on any atom is -0.489 e. The highest BCUT2D eigenvalue weighted by atomic mass is 32.2. The standard InChI is InChI=1S/C10H11NO4S/c1-10(12,16(13)14)7-15-9-4-2-8(6-11)3-5-9/h2-5,12H,7H2,1H3,(H,13,14). The molecule has 2 N–H and O–H groups in total. The largest absolute Gasteiger partial charge is 0.489 e. The van der Waals surface area contributed by atoms with Crippen LogP contribution in [0.2, 0.25) is 0 Å². The van der Waals surface area contributed by atoms with Gasteiger partial charge < -0.3 is 14.4 Å². The lowest BCUT2D eigenvalue weighted by Gasteiger charge is -2.18. The third kappa shape index (κ3) is 3.31. The molecule has 0 radical (unpaired) electrons. The first-order valence-corrected chi connectivity index (χ1v) is 5.53. The van der Waals surface area contributed by atoms with Gasteiger partial charge in [-0.05, 0) is 31.2 Å². The monoisotopic (exact) mass is 241 g/mol. The van der Waals surface area contributed by atoms with Gasteiger partial charge in [0.25, 0.3) is 0 Å². The second kappa shape index (κ2) is 5.07. The van der Waals surface area contributed by atoms with Crippen LogP contribution in [-0.2, 0) is 11.1 Å². The highest BCUT2D eigenvalue weighted by Crippen LogP contribution is 2.15. The lowest BCUT2D eigenvalue weighted by Crippen LogP contribution is -2.36. The van der Waals surface area contributed by atoms with Crippen molar-refractivity contribution in [2.24, 2.45) is 0 Å². The summed E-state index contributed by atoms with van der Waals surface area (Å²) in [6.07, 6.45) is 0. The predicted octanol–water partition coefficient (Wildman–Crippen LogP) is 0.867. The number of nitrogens with zero attached hydrogens (tertiary/aromatic N) is 1. The first kappa shape index (κ1) is 12.6. The maximum Gasteiger partial charge on any atom is 0.196 e. The third-order valence-electron chi connectivity index (χ3n) is 1.87. The van der Waals surface area contributed by atoms with Crippen molar-refractivity contribution in [3.05, 3.63) is 29.8 Å². The molecule has 0 amide bonds. The van der Waals surface area contributed by atoms with E-state index in [1.165, 1.54) is 6.92 Å². The second-order valence-electron chi connectivity index (χ2n) is 3.35. The number of hydrogen-bond donors (Lipinski definition) is 2. The fraction of sp³-hybridized carbons (Fsp3) is 0.300. The highest BCUT2D eigenvalue weighted by Gasteiger charge is 2.28. The number of benzene rings is 1. The first-order valence-electron chi connectivity index (χ1n) is 4.42. The summed E-state index contributed by atoms with van der Waals surface area (Å²) in [5, 5.41) is 18.0. The molecule has 0 bridgehead atoms. The van der Waals surface area contributed by atoms with Crippen LogP contribution in [0.15, 0.2) is 24.3 Å². The van der Waals surface area contributed by atoms with Crippen molar-refractivity contribution in [1.29, 1.82) is 5.26 Å². The summed E-state index contributed by atoms with van der Waals surface area (Å²) in [5.74, 6) is 0.421. The van der Waals surface area contributed by atoms with Crippen LogP contribution in [0.25, 0.3) is 0 Å². The summed E-state index contributed by atoms with van der Waals surface area (Å²) < 4.78 is 24.5. The number of rotatable bonds is 4. The molecule has 0 saturated heterocycles. The van der Waals surface area contributed by atoms with E-state index in [9.17, 15) is 9.32 Å². The van der Waals surface area contributed by atoms with E-state index in [1.807, 2.05) is 6.07 Å². The van der Waals surface area contributed by atoms with E-state index in [0.717, 1.165) is 0 Å². The van der Waals surface area contributed by atoms with E-state index >= 15 is 0 Å². The van der Waals surface area contributed by atoms with Crippen molar-refractivity contribution in [2.75, 3.05) is 6.61 Å². The molecular formula is C10H11NO4S. The zero-order chi connectivity index (χ0) is 12.2. The van der Waals surface area contributed by atoms with Gasteiger partial charge in [-0.3, -0.25) is 0 Å². The molecule has 0 saturated carbocycles. The van der Waals surface area contributed by atoms with Crippen molar-refractivity contribution in [1.82, 2.24) is 0 Å². The molecule has 6 heteroatoms. The Bertz CT molecular complexity index is 421. The van der Waals surface area contributed by atoms with Gasteiger partial charge in [0, 0.05) is 0 Å². The Kier molecular flexibility index (Phi) is 4.01. The maximum atomic E-state index is 10.7. The van der Waals surface area contributed by atoms with Gasteiger partial charge in [-0.2, -0.15) is 5.26 Å². The molecule has 0 spiro atoms. The third-order valence-corrected chi connectivity index (χ3v) is 2.74. The van der Waals surface area contributed by atoms with Gasteiger partial charge in [0.15, 0.2) is 16.0 Å². The zero-order valence-electron chi connectivity index (χ0n) is 8.58. The summed E-state index contributed by atoms with van der Waals surface area (Å²) in [7, 11) is 0. The number of nitriles is 1. The molecule has 0 heterocycles. The molecule has 16 heavy (non-hydrogen) atoms. The van der Waals surface area contributed by atoms with Crippen LogP contribution in [0.5, 0.6) is 5.75 Å². The topological polar surface area (TPSA) is 90.5 Å². The first-order chi connectivity index (χ1) is 7.45. The number of hydrogen-bond acceptors (Lipinski definition) is 4. The van der Waals surface area contributed by atoms with Gasteiger partial charge in [-0.25, -0.2) is 4.21 Å². The van der Waals surface area contributed by atoms with Gasteiger partial charge in [0.1, 0.15) is 12.4 Å². The average Bonchev–Trinajstić information content (AvgIpc) is 2.27. The summed E-state index contributed by atoms with van der Waals surface area (Å²) in [4.78, 5) is -1.81. The van der Waals surface area contributed by atoms with Gasteiger partial charge in [0.05, 0.1) is 11.6 Å². The molecule has 0 aromatic heterocycles. The molecule has 86 valence electrons. The summed E-state index contributed by atoms with van der Waals surface area (Å²) in [5.41, 5.74) is 0.491. The Balaban J connectivity index is 2.62. The molecule has 0 aliphatic rings. The van der Waals surface area contributed by atoms with Gasteiger partial charge in [-0.1, -0.05) is 0 Å². The zero-order valence-corrected chi connectivity index (χ0v) is 9.40. The van der Waals surface area contributed by atoms with Crippen molar-refractivity contribution < 1.29 is 18.6 Å². The normalized spacial score (nSPS) is 15.9. The Morgan fingerprint density at radius 3 is 2.50 bits per heavy atom. The van der Waals surface area contributed by atoms with Crippen LogP contribution in [-0.4, -0.2) is 25.4 Å². The number of ether oxygens (including phenoxy) is 1. The Hall–Kier alpha value is -1.42. The minimum atomic E-state index is -2.38. The van der Waals surface area contributed by atoms with E-state index in [1.54, 1.807) is 24.3 Å². The lowest BCUT2D eigenvalue weighted by atomic mass is 10.2. The molecule has 0 fully saturated rings. The Morgan fingerprint density at radius 2 is 2.06 bits per heavy atom. The quantitative estimate of drug-likeness (QED) is 0.763. The summed E-state index contributed by atoms with van der Waals surface area (Å²) >= 11 is -2.38. The van der Waals surface area contributed by atoms with Crippen LogP contribution < -0.4 is 4.74 Å². The van der Waals surface area contributed by atoms with Crippen molar-refractivity contribution in [3.63, 3.8) is 0 Å². The van der Waals surface area contributed by atoms with Gasteiger partial charge in [-0.15, -0.1) is 0 Å². The average molecular weight is 241 g/mol. The van der Waals surface area contributed by atoms with Crippen molar-refractivity contribution in [2.45, 2.75) is 11.9 Å². The van der Waals surface area contributed by atoms with Crippen molar-refractivity contribution >= 4 is 11.1 Å². The van der Waals surface area contributed by atoms with Gasteiger partial charge >= 0.3 is 0 Å². The molecule has 1 aromatic rings. The smallest absolute Gasteiger partial charge is 0.196 e. The van der Waals surface area contributed by atoms with E-state index in [2.05, 4.69) is 0 Å². The van der Waals surface area contributed by atoms with Crippen LogP contribution >= 0.6 is 0 Å². The predicted molar refractivity (Wildman–Crippen MR) is 58.0 cm³/mol. The fourth-order valence-corrected chi connectivity index (χ4v) is 1.05. The van der Waals surface area contributed by atoms with E-state index in [4.69, 9.17) is 14.6 Å². The summed E-state index contributed by atoms with van der Waals surface area (Å²) in [6, 6.07) is 8.16. The van der Waals surface area contributed by atoms with Crippen LogP contribution in [0.4, 0.5) is 0 Å². The highest BCUT2D eigenvalue weighted by molar-refractivity contribution is 7.80. The van der Waals surface area contributed by atoms with Crippen LogP contribution in [0, 0.1) is 11.3 Å².